The molecule has 2 aromatic carbocycles. The minimum absolute atomic E-state index is 0.0427. The minimum atomic E-state index is -1.01. The minimum Gasteiger partial charge on any atom is -0.351 e. The number of carbonyl (C=O) groups excluding carboxylic acids is 1. The van der Waals surface area contributed by atoms with Gasteiger partial charge in [0.2, 0.25) is 5.91 Å². The Labute approximate surface area is 174 Å². The summed E-state index contributed by atoms with van der Waals surface area (Å²) in [6, 6.07) is 5.40. The van der Waals surface area contributed by atoms with Gasteiger partial charge in [0.15, 0.2) is 11.6 Å². The number of carbonyl (C=O) groups is 1. The van der Waals surface area contributed by atoms with E-state index in [1.165, 1.54) is 12.1 Å². The molecule has 0 saturated heterocycles. The van der Waals surface area contributed by atoms with Crippen molar-refractivity contribution in [1.82, 2.24) is 20.1 Å². The molecule has 3 aromatic rings. The fourth-order valence-corrected chi connectivity index (χ4v) is 2.88. The van der Waals surface area contributed by atoms with E-state index in [1.54, 1.807) is 20.8 Å². The van der Waals surface area contributed by atoms with Crippen LogP contribution in [0.2, 0.25) is 5.02 Å². The van der Waals surface area contributed by atoms with E-state index in [-0.39, 0.29) is 40.1 Å². The van der Waals surface area contributed by atoms with Gasteiger partial charge in [0.25, 0.3) is 0 Å². The molecule has 0 aliphatic rings. The van der Waals surface area contributed by atoms with Gasteiger partial charge in [-0.1, -0.05) is 38.4 Å². The predicted octanol–water partition coefficient (Wildman–Crippen LogP) is 3.96. The van der Waals surface area contributed by atoms with E-state index in [0.717, 1.165) is 12.1 Å². The van der Waals surface area contributed by atoms with Crippen molar-refractivity contribution in [3.8, 4) is 17.1 Å². The number of hydrogen-bond donors (Lipinski definition) is 2. The van der Waals surface area contributed by atoms with E-state index in [1.807, 2.05) is 0 Å². The van der Waals surface area contributed by atoms with Crippen LogP contribution in [0.5, 0.6) is 0 Å². The maximum Gasteiger partial charge on any atom is 0.348 e. The van der Waals surface area contributed by atoms with Gasteiger partial charge in [-0.25, -0.2) is 18.0 Å². The van der Waals surface area contributed by atoms with Crippen molar-refractivity contribution >= 4 is 17.5 Å². The molecule has 1 aromatic heterocycles. The number of aromatic nitrogens is 3. The Balaban J connectivity index is 2.00. The van der Waals surface area contributed by atoms with Crippen molar-refractivity contribution < 1.29 is 18.0 Å². The molecule has 0 bridgehead atoms. The van der Waals surface area contributed by atoms with Crippen molar-refractivity contribution in [2.45, 2.75) is 27.3 Å². The summed E-state index contributed by atoms with van der Waals surface area (Å²) in [5.74, 6) is -3.14. The molecule has 10 heteroatoms. The summed E-state index contributed by atoms with van der Waals surface area (Å²) in [6.45, 7) is 5.05. The van der Waals surface area contributed by atoms with Crippen LogP contribution in [0.3, 0.4) is 0 Å². The Morgan fingerprint density at radius 2 is 1.90 bits per heavy atom. The summed E-state index contributed by atoms with van der Waals surface area (Å²) in [5, 5.41) is 6.50. The van der Waals surface area contributed by atoms with Crippen molar-refractivity contribution in [2.24, 2.45) is 5.41 Å². The summed E-state index contributed by atoms with van der Waals surface area (Å²) >= 11 is 6.11. The molecular formula is C20H18ClF3N4O2. The van der Waals surface area contributed by atoms with Gasteiger partial charge in [0, 0.05) is 23.6 Å². The average Bonchev–Trinajstić information content (AvgIpc) is 3.01. The molecule has 1 heterocycles. The van der Waals surface area contributed by atoms with Crippen LogP contribution >= 0.6 is 11.6 Å². The third kappa shape index (κ3) is 4.25. The summed E-state index contributed by atoms with van der Waals surface area (Å²) < 4.78 is 42.9. The van der Waals surface area contributed by atoms with Crippen molar-refractivity contribution in [1.29, 1.82) is 0 Å². The van der Waals surface area contributed by atoms with Crippen LogP contribution in [0.1, 0.15) is 26.3 Å². The van der Waals surface area contributed by atoms with Gasteiger partial charge >= 0.3 is 5.69 Å². The quantitative estimate of drug-likeness (QED) is 0.647. The van der Waals surface area contributed by atoms with Gasteiger partial charge in [0.1, 0.15) is 17.3 Å². The molecule has 0 fully saturated rings. The first kappa shape index (κ1) is 21.6. The van der Waals surface area contributed by atoms with Gasteiger partial charge in [-0.05, 0) is 18.2 Å². The molecular weight excluding hydrogens is 421 g/mol. The van der Waals surface area contributed by atoms with Crippen LogP contribution in [0, 0.1) is 22.9 Å². The van der Waals surface area contributed by atoms with Crippen LogP contribution in [-0.2, 0) is 11.3 Å². The number of nitrogens with one attached hydrogen (secondary N) is 2. The summed E-state index contributed by atoms with van der Waals surface area (Å²) in [6.07, 6.45) is 0. The highest BCUT2D eigenvalue weighted by molar-refractivity contribution is 6.33. The molecule has 3 rings (SSSR count). The van der Waals surface area contributed by atoms with E-state index in [2.05, 4.69) is 15.4 Å². The monoisotopic (exact) mass is 438 g/mol. The van der Waals surface area contributed by atoms with Crippen LogP contribution in [-0.4, -0.2) is 20.7 Å². The summed E-state index contributed by atoms with van der Waals surface area (Å²) in [7, 11) is 0. The summed E-state index contributed by atoms with van der Waals surface area (Å²) in [5.41, 5.74) is -1.92. The standard InChI is InChI=1S/C20H18ClF3N4O2/c1-20(2,3)18(29)25-9-10-4-6-12(21)15(16(10)24)17-26-19(30)28(27-17)14-7-5-11(22)8-13(14)23/h4-8H,9H2,1-3H3,(H,25,29)(H,26,27,30). The lowest BCUT2D eigenvalue weighted by molar-refractivity contribution is -0.128. The van der Waals surface area contributed by atoms with E-state index < -0.39 is 28.6 Å². The fourth-order valence-electron chi connectivity index (χ4n) is 2.64. The van der Waals surface area contributed by atoms with E-state index >= 15 is 4.39 Å². The highest BCUT2D eigenvalue weighted by Gasteiger charge is 2.23. The van der Waals surface area contributed by atoms with Gasteiger partial charge in [0.05, 0.1) is 10.6 Å². The normalized spacial score (nSPS) is 11.6. The molecule has 0 unspecified atom stereocenters. The SMILES string of the molecule is CC(C)(C)C(=O)NCc1ccc(Cl)c(-c2nn(-c3ccc(F)cc3F)c(=O)[nH]2)c1F. The summed E-state index contributed by atoms with van der Waals surface area (Å²) in [4.78, 5) is 26.6. The molecule has 158 valence electrons. The number of H-pyrrole nitrogens is 1. The molecule has 0 saturated carbocycles. The van der Waals surface area contributed by atoms with Crippen LogP contribution in [0.25, 0.3) is 17.1 Å². The zero-order chi connectivity index (χ0) is 22.2. The second kappa shape index (κ2) is 7.98. The molecule has 0 spiro atoms. The molecule has 30 heavy (non-hydrogen) atoms. The average molecular weight is 439 g/mol. The molecule has 0 atom stereocenters. The van der Waals surface area contributed by atoms with Gasteiger partial charge in [-0.15, -0.1) is 5.10 Å². The highest BCUT2D eigenvalue weighted by atomic mass is 35.5. The number of hydrogen-bond acceptors (Lipinski definition) is 3. The lowest BCUT2D eigenvalue weighted by Crippen LogP contribution is -2.34. The zero-order valence-electron chi connectivity index (χ0n) is 16.3. The van der Waals surface area contributed by atoms with Crippen molar-refractivity contribution in [3.05, 3.63) is 68.9 Å². The Hall–Kier alpha value is -3.07. The van der Waals surface area contributed by atoms with Gasteiger partial charge in [-0.2, -0.15) is 4.68 Å². The van der Waals surface area contributed by atoms with E-state index in [9.17, 15) is 18.4 Å². The lowest BCUT2D eigenvalue weighted by atomic mass is 9.95. The predicted molar refractivity (Wildman–Crippen MR) is 106 cm³/mol. The second-order valence-corrected chi connectivity index (χ2v) is 8.02. The molecule has 0 radical (unpaired) electrons. The topological polar surface area (TPSA) is 79.8 Å². The smallest absolute Gasteiger partial charge is 0.348 e. The Morgan fingerprint density at radius 1 is 1.20 bits per heavy atom. The molecule has 0 aliphatic heterocycles. The molecule has 0 aliphatic carbocycles. The number of aromatic amines is 1. The third-order valence-corrected chi connectivity index (χ3v) is 4.60. The van der Waals surface area contributed by atoms with Crippen LogP contribution < -0.4 is 11.0 Å². The fraction of sp³-hybridized carbons (Fsp3) is 0.250. The molecule has 6 nitrogen and oxygen atoms in total. The first-order valence-corrected chi connectivity index (χ1v) is 9.27. The highest BCUT2D eigenvalue weighted by Crippen LogP contribution is 2.30. The number of rotatable bonds is 4. The number of benzene rings is 2. The maximum atomic E-state index is 15.1. The Kier molecular flexibility index (Phi) is 5.76. The molecule has 1 amide bonds. The Morgan fingerprint density at radius 3 is 2.53 bits per heavy atom. The van der Waals surface area contributed by atoms with Crippen molar-refractivity contribution in [3.63, 3.8) is 0 Å². The number of amides is 1. The second-order valence-electron chi connectivity index (χ2n) is 7.61. The maximum absolute atomic E-state index is 15.1. The number of nitrogens with zero attached hydrogens (tertiary/aromatic N) is 2. The lowest BCUT2D eigenvalue weighted by Gasteiger charge is -2.18. The van der Waals surface area contributed by atoms with Crippen LogP contribution in [0.4, 0.5) is 13.2 Å². The van der Waals surface area contributed by atoms with E-state index in [0.29, 0.717) is 10.7 Å². The number of halogens is 4. The van der Waals surface area contributed by atoms with E-state index in [4.69, 9.17) is 11.6 Å². The van der Waals surface area contributed by atoms with Crippen molar-refractivity contribution in [2.75, 3.05) is 0 Å². The first-order valence-electron chi connectivity index (χ1n) is 8.89. The zero-order valence-corrected chi connectivity index (χ0v) is 17.1. The third-order valence-electron chi connectivity index (χ3n) is 4.28. The Bertz CT molecular complexity index is 1180. The largest absolute Gasteiger partial charge is 0.351 e. The van der Waals surface area contributed by atoms with Crippen LogP contribution in [0.15, 0.2) is 35.1 Å². The first-order chi connectivity index (χ1) is 14.0. The van der Waals surface area contributed by atoms with Gasteiger partial charge < -0.3 is 5.32 Å². The van der Waals surface area contributed by atoms with Gasteiger partial charge in [-0.3, -0.25) is 9.78 Å². The molecule has 2 N–H and O–H groups in total.